The summed E-state index contributed by atoms with van der Waals surface area (Å²) in [6, 6.07) is 17.3. The lowest BCUT2D eigenvalue weighted by atomic mass is 10.1. The number of benzene rings is 3. The first-order valence-corrected chi connectivity index (χ1v) is 12.7. The Hall–Kier alpha value is -3.47. The number of sulfonamides is 1. The van der Waals surface area contributed by atoms with Crippen LogP contribution in [0.5, 0.6) is 5.75 Å². The SMILES string of the molecule is COc1ccc(S(=O)(=O)N2CCN(C)CC2)cc1NC(=O)CNC(=O)c1ccc2ccccc2c1. The van der Waals surface area contributed by atoms with Crippen LogP contribution in [-0.2, 0) is 14.8 Å². The molecule has 10 heteroatoms. The Morgan fingerprint density at radius 2 is 1.66 bits per heavy atom. The van der Waals surface area contributed by atoms with Crippen LogP contribution in [0.2, 0.25) is 0 Å². The van der Waals surface area contributed by atoms with Gasteiger partial charge in [0.2, 0.25) is 15.9 Å². The highest BCUT2D eigenvalue weighted by atomic mass is 32.2. The molecule has 0 bridgehead atoms. The highest BCUT2D eigenvalue weighted by molar-refractivity contribution is 7.89. The molecule has 2 N–H and O–H groups in total. The van der Waals surface area contributed by atoms with Gasteiger partial charge in [-0.3, -0.25) is 9.59 Å². The van der Waals surface area contributed by atoms with Crippen LogP contribution >= 0.6 is 0 Å². The van der Waals surface area contributed by atoms with Gasteiger partial charge in [0.1, 0.15) is 5.75 Å². The topological polar surface area (TPSA) is 108 Å². The van der Waals surface area contributed by atoms with Crippen LogP contribution in [0.4, 0.5) is 5.69 Å². The number of ether oxygens (including phenoxy) is 1. The van der Waals surface area contributed by atoms with Gasteiger partial charge < -0.3 is 20.3 Å². The minimum Gasteiger partial charge on any atom is -0.495 e. The molecule has 0 aliphatic carbocycles. The zero-order valence-corrected chi connectivity index (χ0v) is 20.5. The summed E-state index contributed by atoms with van der Waals surface area (Å²) >= 11 is 0. The molecule has 0 radical (unpaired) electrons. The van der Waals surface area contributed by atoms with Crippen molar-refractivity contribution in [2.24, 2.45) is 0 Å². The number of methoxy groups -OCH3 is 1. The van der Waals surface area contributed by atoms with Crippen LogP contribution in [0.3, 0.4) is 0 Å². The van der Waals surface area contributed by atoms with Gasteiger partial charge in [-0.1, -0.05) is 30.3 Å². The molecule has 184 valence electrons. The largest absolute Gasteiger partial charge is 0.495 e. The van der Waals surface area contributed by atoms with Gasteiger partial charge in [0.15, 0.2) is 0 Å². The van der Waals surface area contributed by atoms with Crippen molar-refractivity contribution in [3.63, 3.8) is 0 Å². The lowest BCUT2D eigenvalue weighted by Gasteiger charge is -2.31. The molecule has 0 unspecified atom stereocenters. The van der Waals surface area contributed by atoms with Crippen molar-refractivity contribution >= 4 is 38.3 Å². The molecule has 0 saturated carbocycles. The summed E-state index contributed by atoms with van der Waals surface area (Å²) in [5, 5.41) is 7.19. The second-order valence-electron chi connectivity index (χ2n) is 8.36. The average molecular weight is 497 g/mol. The van der Waals surface area contributed by atoms with E-state index in [2.05, 4.69) is 15.5 Å². The molecule has 0 aromatic heterocycles. The average Bonchev–Trinajstić information content (AvgIpc) is 2.87. The number of hydrogen-bond donors (Lipinski definition) is 2. The number of likely N-dealkylation sites (N-methyl/N-ethyl adjacent to an activating group) is 1. The fourth-order valence-corrected chi connectivity index (χ4v) is 5.36. The number of rotatable bonds is 7. The molecule has 1 fully saturated rings. The first-order valence-electron chi connectivity index (χ1n) is 11.2. The van der Waals surface area contributed by atoms with Gasteiger partial charge >= 0.3 is 0 Å². The smallest absolute Gasteiger partial charge is 0.251 e. The Kier molecular flexibility index (Phi) is 7.34. The third kappa shape index (κ3) is 5.61. The maximum atomic E-state index is 13.1. The van der Waals surface area contributed by atoms with Crippen LogP contribution in [0.1, 0.15) is 10.4 Å². The predicted molar refractivity (Wildman–Crippen MR) is 134 cm³/mol. The molecule has 1 aliphatic rings. The Morgan fingerprint density at radius 3 is 2.37 bits per heavy atom. The van der Waals surface area contributed by atoms with Crippen molar-refractivity contribution < 1.29 is 22.7 Å². The Morgan fingerprint density at radius 1 is 0.943 bits per heavy atom. The minimum absolute atomic E-state index is 0.0679. The number of nitrogens with zero attached hydrogens (tertiary/aromatic N) is 2. The molecule has 0 atom stereocenters. The maximum absolute atomic E-state index is 13.1. The van der Waals surface area contributed by atoms with Gasteiger partial charge in [0, 0.05) is 31.7 Å². The lowest BCUT2D eigenvalue weighted by Crippen LogP contribution is -2.47. The van der Waals surface area contributed by atoms with Crippen molar-refractivity contribution in [3.8, 4) is 5.75 Å². The van der Waals surface area contributed by atoms with Crippen molar-refractivity contribution in [3.05, 3.63) is 66.2 Å². The molecule has 3 aromatic rings. The third-order valence-electron chi connectivity index (χ3n) is 5.97. The first kappa shape index (κ1) is 24.6. The van der Waals surface area contributed by atoms with Gasteiger partial charge in [-0.25, -0.2) is 8.42 Å². The quantitative estimate of drug-likeness (QED) is 0.519. The minimum atomic E-state index is -3.72. The van der Waals surface area contributed by atoms with E-state index in [-0.39, 0.29) is 23.0 Å². The molecule has 2 amide bonds. The van der Waals surface area contributed by atoms with E-state index in [1.807, 2.05) is 37.4 Å². The number of carbonyl (C=O) groups excluding carboxylic acids is 2. The molecule has 1 saturated heterocycles. The fraction of sp³-hybridized carbons (Fsp3) is 0.280. The molecule has 4 rings (SSSR count). The summed E-state index contributed by atoms with van der Waals surface area (Å²) in [6.45, 7) is 1.80. The van der Waals surface area contributed by atoms with E-state index >= 15 is 0 Å². The van der Waals surface area contributed by atoms with Crippen LogP contribution in [-0.4, -0.2) is 76.3 Å². The second kappa shape index (κ2) is 10.4. The number of fused-ring (bicyclic) bond motifs is 1. The molecular formula is C25H28N4O5S. The van der Waals surface area contributed by atoms with E-state index in [1.165, 1.54) is 29.6 Å². The van der Waals surface area contributed by atoms with Gasteiger partial charge in [-0.2, -0.15) is 4.31 Å². The number of carbonyl (C=O) groups is 2. The highest BCUT2D eigenvalue weighted by Crippen LogP contribution is 2.29. The summed E-state index contributed by atoms with van der Waals surface area (Å²) in [5.74, 6) is -0.576. The molecule has 9 nitrogen and oxygen atoms in total. The highest BCUT2D eigenvalue weighted by Gasteiger charge is 2.28. The van der Waals surface area contributed by atoms with Gasteiger partial charge in [0.25, 0.3) is 5.91 Å². The molecule has 1 aliphatic heterocycles. The third-order valence-corrected chi connectivity index (χ3v) is 7.86. The van der Waals surface area contributed by atoms with Crippen molar-refractivity contribution in [1.29, 1.82) is 0 Å². The number of piperazine rings is 1. The Balaban J connectivity index is 1.43. The summed E-state index contributed by atoms with van der Waals surface area (Å²) in [5.41, 5.74) is 0.655. The van der Waals surface area contributed by atoms with E-state index in [1.54, 1.807) is 12.1 Å². The molecule has 3 aromatic carbocycles. The zero-order chi connectivity index (χ0) is 25.0. The maximum Gasteiger partial charge on any atom is 0.251 e. The number of hydrogen-bond acceptors (Lipinski definition) is 6. The van der Waals surface area contributed by atoms with E-state index in [0.717, 1.165) is 10.8 Å². The number of anilines is 1. The van der Waals surface area contributed by atoms with Crippen molar-refractivity contribution in [2.45, 2.75) is 4.90 Å². The van der Waals surface area contributed by atoms with Gasteiger partial charge in [-0.15, -0.1) is 0 Å². The summed E-state index contributed by atoms with van der Waals surface area (Å²) in [7, 11) is -0.339. The standard InChI is InChI=1S/C25H28N4O5S/c1-28-11-13-29(14-12-28)35(32,33)21-9-10-23(34-2)22(16-21)27-24(30)17-26-25(31)20-8-7-18-5-3-4-6-19(18)15-20/h3-10,15-16H,11-14,17H2,1-2H3,(H,26,31)(H,27,30). The lowest BCUT2D eigenvalue weighted by molar-refractivity contribution is -0.115. The van der Waals surface area contributed by atoms with Crippen molar-refractivity contribution in [2.75, 3.05) is 52.2 Å². The van der Waals surface area contributed by atoms with Crippen LogP contribution in [0, 0.1) is 0 Å². The van der Waals surface area contributed by atoms with E-state index in [9.17, 15) is 18.0 Å². The molecule has 1 heterocycles. The number of nitrogens with one attached hydrogen (secondary N) is 2. The Labute approximate surface area is 204 Å². The van der Waals surface area contributed by atoms with E-state index in [0.29, 0.717) is 37.5 Å². The van der Waals surface area contributed by atoms with Crippen molar-refractivity contribution in [1.82, 2.24) is 14.5 Å². The van der Waals surface area contributed by atoms with Gasteiger partial charge in [-0.05, 0) is 48.2 Å². The summed E-state index contributed by atoms with van der Waals surface area (Å²) < 4.78 is 32.9. The van der Waals surface area contributed by atoms with Crippen LogP contribution in [0.15, 0.2) is 65.6 Å². The van der Waals surface area contributed by atoms with Crippen LogP contribution in [0.25, 0.3) is 10.8 Å². The number of amides is 2. The monoisotopic (exact) mass is 496 g/mol. The summed E-state index contributed by atoms with van der Waals surface area (Å²) in [4.78, 5) is 27.3. The van der Waals surface area contributed by atoms with E-state index in [4.69, 9.17) is 4.74 Å². The Bertz CT molecular complexity index is 1350. The normalized spacial score (nSPS) is 15.0. The predicted octanol–water partition coefficient (Wildman–Crippen LogP) is 2.15. The van der Waals surface area contributed by atoms with Crippen LogP contribution < -0.4 is 15.4 Å². The molecule has 0 spiro atoms. The molecular weight excluding hydrogens is 468 g/mol. The summed E-state index contributed by atoms with van der Waals surface area (Å²) in [6.07, 6.45) is 0. The zero-order valence-electron chi connectivity index (χ0n) is 19.7. The van der Waals surface area contributed by atoms with Gasteiger partial charge in [0.05, 0.1) is 24.2 Å². The van der Waals surface area contributed by atoms with E-state index < -0.39 is 15.9 Å². The second-order valence-corrected chi connectivity index (χ2v) is 10.3. The molecule has 35 heavy (non-hydrogen) atoms. The fourth-order valence-electron chi connectivity index (χ4n) is 3.91. The first-order chi connectivity index (χ1) is 16.8.